The summed E-state index contributed by atoms with van der Waals surface area (Å²) in [5.74, 6) is 0.410. The topological polar surface area (TPSA) is 67.6 Å². The molecular weight excluding hydrogens is 306 g/mol. The van der Waals surface area contributed by atoms with Gasteiger partial charge in [-0.25, -0.2) is 0 Å². The molecule has 0 bridgehead atoms. The number of carbonyl (C=O) groups is 1. The van der Waals surface area contributed by atoms with Crippen LogP contribution in [-0.4, -0.2) is 48.8 Å². The minimum absolute atomic E-state index is 0.125. The fourth-order valence-electron chi connectivity index (χ4n) is 3.11. The van der Waals surface area contributed by atoms with Crippen molar-refractivity contribution >= 4 is 5.91 Å². The second-order valence-corrected chi connectivity index (χ2v) is 5.98. The molecule has 1 aromatic carbocycles. The standard InChI is InChI=1S/C18H23N3O3/c1-13-17(14(2)24-20-13)18(22)19-12-16(15-6-4-3-5-7-15)21-8-10-23-11-9-21/h3-7,16H,8-12H2,1-2H3,(H,19,22)/t16-/m0/s1. The monoisotopic (exact) mass is 329 g/mol. The van der Waals surface area contributed by atoms with E-state index < -0.39 is 0 Å². The van der Waals surface area contributed by atoms with Crippen LogP contribution in [0.25, 0.3) is 0 Å². The smallest absolute Gasteiger partial charge is 0.256 e. The molecule has 6 nitrogen and oxygen atoms in total. The molecule has 24 heavy (non-hydrogen) atoms. The molecule has 3 rings (SSSR count). The van der Waals surface area contributed by atoms with Gasteiger partial charge in [-0.05, 0) is 19.4 Å². The highest BCUT2D eigenvalue weighted by atomic mass is 16.5. The van der Waals surface area contributed by atoms with Crippen molar-refractivity contribution in [2.24, 2.45) is 0 Å². The van der Waals surface area contributed by atoms with Gasteiger partial charge in [-0.3, -0.25) is 9.69 Å². The van der Waals surface area contributed by atoms with Crippen molar-refractivity contribution < 1.29 is 14.1 Å². The lowest BCUT2D eigenvalue weighted by Crippen LogP contribution is -2.43. The number of hydrogen-bond donors (Lipinski definition) is 1. The van der Waals surface area contributed by atoms with Crippen molar-refractivity contribution in [3.8, 4) is 0 Å². The number of amides is 1. The molecule has 0 unspecified atom stereocenters. The Bertz CT molecular complexity index is 659. The number of carbonyl (C=O) groups excluding carboxylic acids is 1. The summed E-state index contributed by atoms with van der Waals surface area (Å²) >= 11 is 0. The quantitative estimate of drug-likeness (QED) is 0.910. The van der Waals surface area contributed by atoms with Crippen LogP contribution in [0.4, 0.5) is 0 Å². The molecule has 0 radical (unpaired) electrons. The van der Waals surface area contributed by atoms with Gasteiger partial charge < -0.3 is 14.6 Å². The van der Waals surface area contributed by atoms with E-state index in [1.807, 2.05) is 18.2 Å². The van der Waals surface area contributed by atoms with Crippen LogP contribution >= 0.6 is 0 Å². The molecule has 6 heteroatoms. The SMILES string of the molecule is Cc1noc(C)c1C(=O)NC[C@@H](c1ccccc1)N1CCOCC1. The zero-order chi connectivity index (χ0) is 16.9. The maximum absolute atomic E-state index is 12.5. The Labute approximate surface area is 141 Å². The van der Waals surface area contributed by atoms with Crippen LogP contribution in [0.1, 0.15) is 33.4 Å². The first-order chi connectivity index (χ1) is 11.7. The summed E-state index contributed by atoms with van der Waals surface area (Å²) in [5.41, 5.74) is 2.34. The minimum atomic E-state index is -0.138. The maximum atomic E-state index is 12.5. The fourth-order valence-corrected chi connectivity index (χ4v) is 3.11. The van der Waals surface area contributed by atoms with E-state index in [-0.39, 0.29) is 11.9 Å². The number of hydrogen-bond acceptors (Lipinski definition) is 5. The summed E-state index contributed by atoms with van der Waals surface area (Å²) in [4.78, 5) is 14.9. The first-order valence-electron chi connectivity index (χ1n) is 8.24. The molecule has 0 spiro atoms. The van der Waals surface area contributed by atoms with E-state index in [4.69, 9.17) is 9.26 Å². The first-order valence-corrected chi connectivity index (χ1v) is 8.24. The normalized spacial score (nSPS) is 16.8. The van der Waals surface area contributed by atoms with Gasteiger partial charge in [-0.15, -0.1) is 0 Å². The minimum Gasteiger partial charge on any atom is -0.379 e. The van der Waals surface area contributed by atoms with E-state index in [0.29, 0.717) is 23.6 Å². The van der Waals surface area contributed by atoms with Gasteiger partial charge >= 0.3 is 0 Å². The lowest BCUT2D eigenvalue weighted by Gasteiger charge is -2.34. The molecule has 1 aromatic heterocycles. The molecule has 0 saturated carbocycles. The van der Waals surface area contributed by atoms with Crippen molar-refractivity contribution in [1.82, 2.24) is 15.4 Å². The number of nitrogens with one attached hydrogen (secondary N) is 1. The number of aryl methyl sites for hydroxylation is 2. The van der Waals surface area contributed by atoms with Crippen LogP contribution in [-0.2, 0) is 4.74 Å². The highest BCUT2D eigenvalue weighted by molar-refractivity contribution is 5.96. The largest absolute Gasteiger partial charge is 0.379 e. The predicted molar refractivity (Wildman–Crippen MR) is 89.9 cm³/mol. The van der Waals surface area contributed by atoms with Gasteiger partial charge in [0.05, 0.1) is 24.9 Å². The molecule has 1 amide bonds. The van der Waals surface area contributed by atoms with Crippen molar-refractivity contribution in [3.63, 3.8) is 0 Å². The maximum Gasteiger partial charge on any atom is 0.256 e. The fraction of sp³-hybridized carbons (Fsp3) is 0.444. The zero-order valence-electron chi connectivity index (χ0n) is 14.1. The number of rotatable bonds is 5. The second kappa shape index (κ2) is 7.59. The second-order valence-electron chi connectivity index (χ2n) is 5.98. The van der Waals surface area contributed by atoms with Crippen LogP contribution in [0, 0.1) is 13.8 Å². The molecule has 1 atom stereocenters. The highest BCUT2D eigenvalue weighted by Gasteiger charge is 2.24. The Kier molecular flexibility index (Phi) is 5.27. The number of nitrogens with zero attached hydrogens (tertiary/aromatic N) is 2. The molecule has 1 aliphatic rings. The third kappa shape index (κ3) is 3.66. The van der Waals surface area contributed by atoms with Gasteiger partial charge in [0.1, 0.15) is 11.3 Å². The van der Waals surface area contributed by atoms with Crippen LogP contribution in [0.15, 0.2) is 34.9 Å². The zero-order valence-corrected chi connectivity index (χ0v) is 14.1. The molecule has 2 heterocycles. The number of morpholine rings is 1. The van der Waals surface area contributed by atoms with E-state index in [1.54, 1.807) is 13.8 Å². The van der Waals surface area contributed by atoms with Crippen LogP contribution in [0.3, 0.4) is 0 Å². The molecule has 128 valence electrons. The number of ether oxygens (including phenoxy) is 1. The Morgan fingerprint density at radius 3 is 2.58 bits per heavy atom. The van der Waals surface area contributed by atoms with Crippen molar-refractivity contribution in [2.45, 2.75) is 19.9 Å². The van der Waals surface area contributed by atoms with Gasteiger partial charge in [0.2, 0.25) is 0 Å². The average Bonchev–Trinajstić information content (AvgIpc) is 2.95. The van der Waals surface area contributed by atoms with Gasteiger partial charge in [0.25, 0.3) is 5.91 Å². The summed E-state index contributed by atoms with van der Waals surface area (Å²) < 4.78 is 10.5. The average molecular weight is 329 g/mol. The Balaban J connectivity index is 1.73. The summed E-state index contributed by atoms with van der Waals surface area (Å²) in [5, 5.41) is 6.89. The van der Waals surface area contributed by atoms with Gasteiger partial charge in [0.15, 0.2) is 0 Å². The summed E-state index contributed by atoms with van der Waals surface area (Å²) in [6, 6.07) is 10.4. The summed E-state index contributed by atoms with van der Waals surface area (Å²) in [7, 11) is 0. The van der Waals surface area contributed by atoms with Gasteiger partial charge in [-0.1, -0.05) is 35.5 Å². The molecule has 2 aromatic rings. The summed E-state index contributed by atoms with van der Waals surface area (Å²) in [6.07, 6.45) is 0. The molecule has 0 aliphatic carbocycles. The third-order valence-corrected chi connectivity index (χ3v) is 4.39. The Hall–Kier alpha value is -2.18. The van der Waals surface area contributed by atoms with Crippen molar-refractivity contribution in [2.75, 3.05) is 32.8 Å². The van der Waals surface area contributed by atoms with Crippen molar-refractivity contribution in [3.05, 3.63) is 52.9 Å². The molecule has 1 saturated heterocycles. The Morgan fingerprint density at radius 1 is 1.25 bits per heavy atom. The van der Waals surface area contributed by atoms with E-state index in [9.17, 15) is 4.79 Å². The molecular formula is C18H23N3O3. The lowest BCUT2D eigenvalue weighted by molar-refractivity contribution is 0.0162. The van der Waals surface area contributed by atoms with Gasteiger partial charge in [-0.2, -0.15) is 0 Å². The molecule has 1 aliphatic heterocycles. The van der Waals surface area contributed by atoms with E-state index in [1.165, 1.54) is 5.56 Å². The number of aromatic nitrogens is 1. The molecule has 1 N–H and O–H groups in total. The lowest BCUT2D eigenvalue weighted by atomic mass is 10.0. The van der Waals surface area contributed by atoms with Gasteiger partial charge in [0, 0.05) is 19.6 Å². The number of benzene rings is 1. The van der Waals surface area contributed by atoms with Crippen LogP contribution in [0.2, 0.25) is 0 Å². The van der Waals surface area contributed by atoms with E-state index in [2.05, 4.69) is 27.5 Å². The predicted octanol–water partition coefficient (Wildman–Crippen LogP) is 2.09. The van der Waals surface area contributed by atoms with Crippen LogP contribution in [0.5, 0.6) is 0 Å². The van der Waals surface area contributed by atoms with E-state index >= 15 is 0 Å². The van der Waals surface area contributed by atoms with E-state index in [0.717, 1.165) is 26.3 Å². The van der Waals surface area contributed by atoms with Crippen molar-refractivity contribution in [1.29, 1.82) is 0 Å². The first kappa shape index (κ1) is 16.7. The van der Waals surface area contributed by atoms with Crippen LogP contribution < -0.4 is 5.32 Å². The molecule has 1 fully saturated rings. The third-order valence-electron chi connectivity index (χ3n) is 4.39. The summed E-state index contributed by atoms with van der Waals surface area (Å²) in [6.45, 7) is 7.24. The highest BCUT2D eigenvalue weighted by Crippen LogP contribution is 2.21. The Morgan fingerprint density at radius 2 is 1.96 bits per heavy atom.